The standard InChI is InChI=1S/C15H29N3O4S/c1-2-22-6-7-23(20,21)17-10-14(19)18-15-11-4-3-5-12(15)9-13(16)8-11/h11-13,15,17H,2-10,16H2,1H3,(H,18,19). The zero-order chi connectivity index (χ0) is 16.9. The van der Waals surface area contributed by atoms with Gasteiger partial charge in [0.2, 0.25) is 15.9 Å². The monoisotopic (exact) mass is 347 g/mol. The van der Waals surface area contributed by atoms with Gasteiger partial charge in [0.05, 0.1) is 18.9 Å². The average Bonchev–Trinajstić information content (AvgIpc) is 2.46. The number of hydrogen-bond donors (Lipinski definition) is 3. The van der Waals surface area contributed by atoms with Crippen LogP contribution in [0.3, 0.4) is 0 Å². The van der Waals surface area contributed by atoms with Gasteiger partial charge in [-0.2, -0.15) is 0 Å². The van der Waals surface area contributed by atoms with Crippen LogP contribution in [0.15, 0.2) is 0 Å². The van der Waals surface area contributed by atoms with E-state index in [1.54, 1.807) is 6.92 Å². The van der Waals surface area contributed by atoms with Crippen molar-refractivity contribution in [2.75, 3.05) is 25.5 Å². The van der Waals surface area contributed by atoms with Crippen LogP contribution in [0.25, 0.3) is 0 Å². The van der Waals surface area contributed by atoms with Crippen molar-refractivity contribution in [3.05, 3.63) is 0 Å². The molecule has 2 rings (SSSR count). The molecule has 2 unspecified atom stereocenters. The summed E-state index contributed by atoms with van der Waals surface area (Å²) in [5, 5.41) is 3.03. The summed E-state index contributed by atoms with van der Waals surface area (Å²) in [4.78, 5) is 12.1. The highest BCUT2D eigenvalue weighted by Crippen LogP contribution is 2.39. The summed E-state index contributed by atoms with van der Waals surface area (Å²) in [5.74, 6) is 0.465. The first-order valence-corrected chi connectivity index (χ1v) is 10.2. The van der Waals surface area contributed by atoms with E-state index in [0.29, 0.717) is 18.4 Å². The van der Waals surface area contributed by atoms with Crippen LogP contribution >= 0.6 is 0 Å². The van der Waals surface area contributed by atoms with Crippen molar-refractivity contribution in [2.24, 2.45) is 17.6 Å². The molecular weight excluding hydrogens is 318 g/mol. The van der Waals surface area contributed by atoms with Crippen LogP contribution in [0.4, 0.5) is 0 Å². The molecule has 0 saturated heterocycles. The summed E-state index contributed by atoms with van der Waals surface area (Å²) in [7, 11) is -3.47. The van der Waals surface area contributed by atoms with Crippen molar-refractivity contribution < 1.29 is 17.9 Å². The first kappa shape index (κ1) is 18.6. The van der Waals surface area contributed by atoms with E-state index in [9.17, 15) is 13.2 Å². The number of hydrogen-bond acceptors (Lipinski definition) is 5. The average molecular weight is 347 g/mol. The lowest BCUT2D eigenvalue weighted by molar-refractivity contribution is -0.122. The Bertz CT molecular complexity index is 483. The minimum Gasteiger partial charge on any atom is -0.381 e. The minimum absolute atomic E-state index is 0.127. The van der Waals surface area contributed by atoms with Gasteiger partial charge >= 0.3 is 0 Å². The van der Waals surface area contributed by atoms with Gasteiger partial charge < -0.3 is 15.8 Å². The molecule has 0 aromatic heterocycles. The van der Waals surface area contributed by atoms with Crippen molar-refractivity contribution >= 4 is 15.9 Å². The molecule has 2 fully saturated rings. The smallest absolute Gasteiger partial charge is 0.235 e. The Morgan fingerprint density at radius 3 is 2.52 bits per heavy atom. The third-order valence-electron chi connectivity index (χ3n) is 4.86. The Morgan fingerprint density at radius 1 is 1.26 bits per heavy atom. The molecule has 0 aliphatic heterocycles. The molecule has 0 spiro atoms. The number of nitrogens with two attached hydrogens (primary N) is 1. The first-order valence-electron chi connectivity index (χ1n) is 8.51. The van der Waals surface area contributed by atoms with Gasteiger partial charge in [-0.05, 0) is 44.4 Å². The van der Waals surface area contributed by atoms with E-state index in [2.05, 4.69) is 10.0 Å². The molecule has 2 aliphatic rings. The normalized spacial score (nSPS) is 30.9. The Hall–Kier alpha value is -0.700. The summed E-state index contributed by atoms with van der Waals surface area (Å²) in [6.07, 6.45) is 5.27. The molecule has 1 amide bonds. The third kappa shape index (κ3) is 5.70. The minimum atomic E-state index is -3.47. The van der Waals surface area contributed by atoms with Gasteiger partial charge in [-0.15, -0.1) is 0 Å². The molecule has 2 atom stereocenters. The molecule has 7 nitrogen and oxygen atoms in total. The number of carbonyl (C=O) groups is 1. The molecule has 0 radical (unpaired) electrons. The Kier molecular flexibility index (Phi) is 6.82. The van der Waals surface area contributed by atoms with E-state index in [4.69, 9.17) is 10.5 Å². The molecule has 0 aromatic carbocycles. The highest BCUT2D eigenvalue weighted by Gasteiger charge is 2.39. The molecule has 0 heterocycles. The second kappa shape index (κ2) is 8.41. The van der Waals surface area contributed by atoms with E-state index in [-0.39, 0.29) is 36.9 Å². The lowest BCUT2D eigenvalue weighted by Crippen LogP contribution is -2.55. The van der Waals surface area contributed by atoms with Crippen LogP contribution in [0.1, 0.15) is 39.0 Å². The first-order chi connectivity index (χ1) is 10.9. The van der Waals surface area contributed by atoms with E-state index in [0.717, 1.165) is 25.7 Å². The number of rotatable bonds is 8. The van der Waals surface area contributed by atoms with Crippen molar-refractivity contribution in [3.8, 4) is 0 Å². The zero-order valence-corrected chi connectivity index (χ0v) is 14.6. The molecule has 4 N–H and O–H groups in total. The lowest BCUT2D eigenvalue weighted by atomic mass is 9.67. The summed E-state index contributed by atoms with van der Waals surface area (Å²) < 4.78 is 30.9. The van der Waals surface area contributed by atoms with E-state index >= 15 is 0 Å². The molecule has 23 heavy (non-hydrogen) atoms. The van der Waals surface area contributed by atoms with Gasteiger partial charge in [0.1, 0.15) is 0 Å². The van der Waals surface area contributed by atoms with Crippen molar-refractivity contribution in [2.45, 2.75) is 51.1 Å². The molecule has 2 aliphatic carbocycles. The third-order valence-corrected chi connectivity index (χ3v) is 6.15. The highest BCUT2D eigenvalue weighted by molar-refractivity contribution is 7.89. The van der Waals surface area contributed by atoms with Crippen LogP contribution in [0.5, 0.6) is 0 Å². The van der Waals surface area contributed by atoms with Gasteiger partial charge in [0, 0.05) is 18.7 Å². The van der Waals surface area contributed by atoms with Gasteiger partial charge in [0.15, 0.2) is 0 Å². The zero-order valence-electron chi connectivity index (χ0n) is 13.8. The second-order valence-corrected chi connectivity index (χ2v) is 8.54. The Labute approximate surface area is 138 Å². The quantitative estimate of drug-likeness (QED) is 0.534. The van der Waals surface area contributed by atoms with Gasteiger partial charge in [-0.3, -0.25) is 4.79 Å². The fourth-order valence-corrected chi connectivity index (χ4v) is 4.66. The number of nitrogens with one attached hydrogen (secondary N) is 2. The van der Waals surface area contributed by atoms with Crippen molar-refractivity contribution in [3.63, 3.8) is 0 Å². The Balaban J connectivity index is 1.78. The Morgan fingerprint density at radius 2 is 1.91 bits per heavy atom. The van der Waals surface area contributed by atoms with Crippen molar-refractivity contribution in [1.29, 1.82) is 0 Å². The molecule has 0 aromatic rings. The van der Waals surface area contributed by atoms with Gasteiger partial charge in [-0.1, -0.05) is 6.42 Å². The molecule has 134 valence electrons. The predicted molar refractivity (Wildman–Crippen MR) is 88.3 cm³/mol. The number of fused-ring (bicyclic) bond motifs is 2. The van der Waals surface area contributed by atoms with Crippen LogP contribution in [0, 0.1) is 11.8 Å². The van der Waals surface area contributed by atoms with E-state index in [1.165, 1.54) is 6.42 Å². The van der Waals surface area contributed by atoms with Crippen LogP contribution < -0.4 is 15.8 Å². The molecule has 8 heteroatoms. The fourth-order valence-electron chi connectivity index (χ4n) is 3.82. The number of carbonyl (C=O) groups excluding carboxylic acids is 1. The molecular formula is C15H29N3O4S. The maximum atomic E-state index is 12.1. The van der Waals surface area contributed by atoms with Gasteiger partial charge in [-0.25, -0.2) is 13.1 Å². The fraction of sp³-hybridized carbons (Fsp3) is 0.933. The maximum absolute atomic E-state index is 12.1. The maximum Gasteiger partial charge on any atom is 0.235 e. The van der Waals surface area contributed by atoms with Crippen molar-refractivity contribution in [1.82, 2.24) is 10.0 Å². The number of ether oxygens (including phenoxy) is 1. The predicted octanol–water partition coefficient (Wildman–Crippen LogP) is -0.0355. The number of sulfonamides is 1. The SMILES string of the molecule is CCOCCS(=O)(=O)NCC(=O)NC1C2CCCC1CC(N)C2. The summed E-state index contributed by atoms with van der Waals surface area (Å²) in [5.41, 5.74) is 6.08. The highest BCUT2D eigenvalue weighted by atomic mass is 32.2. The van der Waals surface area contributed by atoms with Crippen LogP contribution in [-0.2, 0) is 19.6 Å². The van der Waals surface area contributed by atoms with Gasteiger partial charge in [0.25, 0.3) is 0 Å². The molecule has 2 bridgehead atoms. The summed E-state index contributed by atoms with van der Waals surface area (Å²) in [6, 6.07) is 0.375. The largest absolute Gasteiger partial charge is 0.381 e. The number of amides is 1. The van der Waals surface area contributed by atoms with E-state index < -0.39 is 10.0 Å². The lowest BCUT2D eigenvalue weighted by Gasteiger charge is -2.45. The van der Waals surface area contributed by atoms with E-state index in [1.807, 2.05) is 0 Å². The van der Waals surface area contributed by atoms with Crippen LogP contribution in [-0.4, -0.2) is 51.9 Å². The molecule has 2 saturated carbocycles. The topological polar surface area (TPSA) is 111 Å². The van der Waals surface area contributed by atoms with Crippen LogP contribution in [0.2, 0.25) is 0 Å². The summed E-state index contributed by atoms with van der Waals surface area (Å²) >= 11 is 0. The summed E-state index contributed by atoms with van der Waals surface area (Å²) in [6.45, 7) is 2.21. The second-order valence-electron chi connectivity index (χ2n) is 6.61.